The van der Waals surface area contributed by atoms with E-state index in [2.05, 4.69) is 11.9 Å². The van der Waals surface area contributed by atoms with Gasteiger partial charge in [0.15, 0.2) is 0 Å². The maximum Gasteiger partial charge on any atom is 0.214 e. The number of hydrogen-bond donors (Lipinski definition) is 0. The van der Waals surface area contributed by atoms with Crippen LogP contribution >= 0.6 is 11.8 Å². The lowest BCUT2D eigenvalue weighted by molar-refractivity contribution is 0.330. The van der Waals surface area contributed by atoms with Gasteiger partial charge in [0.05, 0.1) is 12.3 Å². The molecular weight excluding hydrogens is 218 g/mol. The van der Waals surface area contributed by atoms with Crippen molar-refractivity contribution in [1.82, 2.24) is 0 Å². The van der Waals surface area contributed by atoms with Crippen molar-refractivity contribution in [3.63, 3.8) is 0 Å². The smallest absolute Gasteiger partial charge is 0.214 e. The zero-order valence-electron chi connectivity index (χ0n) is 9.72. The molecule has 0 saturated carbocycles. The molecule has 1 aromatic rings. The summed E-state index contributed by atoms with van der Waals surface area (Å²) in [6, 6.07) is 9.82. The molecule has 0 aromatic heterocycles. The van der Waals surface area contributed by atoms with E-state index in [1.165, 1.54) is 0 Å². The van der Waals surface area contributed by atoms with Crippen LogP contribution in [0.4, 0.5) is 5.69 Å². The summed E-state index contributed by atoms with van der Waals surface area (Å²) in [6.45, 7) is 4.71. The molecule has 0 saturated heterocycles. The van der Waals surface area contributed by atoms with Crippen molar-refractivity contribution in [2.24, 2.45) is 4.99 Å². The first-order valence-electron chi connectivity index (χ1n) is 5.41. The Kier molecular flexibility index (Phi) is 6.42. The first-order valence-corrected chi connectivity index (χ1v) is 6.46. The fourth-order valence-electron chi connectivity index (χ4n) is 1.10. The van der Waals surface area contributed by atoms with Gasteiger partial charge in [-0.25, -0.2) is 4.99 Å². The molecule has 0 heterocycles. The van der Waals surface area contributed by atoms with Crippen molar-refractivity contribution in [1.29, 1.82) is 0 Å². The summed E-state index contributed by atoms with van der Waals surface area (Å²) in [5.74, 6) is 1.72. The van der Waals surface area contributed by atoms with E-state index in [0.717, 1.165) is 11.4 Å². The summed E-state index contributed by atoms with van der Waals surface area (Å²) in [5, 5.41) is 2.01. The molecule has 16 heavy (non-hydrogen) atoms. The molecule has 0 fully saturated rings. The zero-order chi connectivity index (χ0) is 11.6. The predicted molar refractivity (Wildman–Crippen MR) is 72.4 cm³/mol. The van der Waals surface area contributed by atoms with Crippen LogP contribution in [0.2, 0.25) is 0 Å². The number of thioether (sulfide) groups is 1. The van der Waals surface area contributed by atoms with Crippen molar-refractivity contribution in [3.8, 4) is 0 Å². The molecule has 3 heteroatoms. The molecule has 0 radical (unpaired) electrons. The van der Waals surface area contributed by atoms with Gasteiger partial charge in [-0.3, -0.25) is 0 Å². The number of hydrogen-bond acceptors (Lipinski definition) is 3. The summed E-state index contributed by atoms with van der Waals surface area (Å²) >= 11 is 1.73. The number of para-hydroxylation sites is 1. The summed E-state index contributed by atoms with van der Waals surface area (Å²) in [5.41, 5.74) is 0.914. The first-order chi connectivity index (χ1) is 7.86. The van der Waals surface area contributed by atoms with Crippen molar-refractivity contribution in [2.45, 2.75) is 13.8 Å². The van der Waals surface area contributed by atoms with Crippen LogP contribution in [0.25, 0.3) is 0 Å². The second-order valence-corrected chi connectivity index (χ2v) is 4.16. The Morgan fingerprint density at radius 1 is 1.31 bits per heavy atom. The monoisotopic (exact) mass is 235 g/mol. The Balaban J connectivity index is 2.72. The molecular formula is C13H17NOS. The van der Waals surface area contributed by atoms with Crippen LogP contribution in [-0.2, 0) is 4.74 Å². The van der Waals surface area contributed by atoms with Crippen LogP contribution < -0.4 is 0 Å². The van der Waals surface area contributed by atoms with E-state index in [9.17, 15) is 0 Å². The van der Waals surface area contributed by atoms with Gasteiger partial charge >= 0.3 is 0 Å². The van der Waals surface area contributed by atoms with Gasteiger partial charge < -0.3 is 4.74 Å². The maximum atomic E-state index is 5.44. The Morgan fingerprint density at radius 3 is 2.69 bits per heavy atom. The molecule has 86 valence electrons. The van der Waals surface area contributed by atoms with E-state index in [0.29, 0.717) is 12.5 Å². The zero-order valence-corrected chi connectivity index (χ0v) is 10.5. The highest BCUT2D eigenvalue weighted by Crippen LogP contribution is 2.11. The van der Waals surface area contributed by atoms with Crippen LogP contribution in [-0.4, -0.2) is 18.3 Å². The van der Waals surface area contributed by atoms with Crippen LogP contribution in [0.5, 0.6) is 0 Å². The topological polar surface area (TPSA) is 21.6 Å². The number of benzene rings is 1. The van der Waals surface area contributed by atoms with E-state index in [-0.39, 0.29) is 0 Å². The molecule has 0 aliphatic heterocycles. The lowest BCUT2D eigenvalue weighted by Crippen LogP contribution is -1.99. The third-order valence-electron chi connectivity index (χ3n) is 1.76. The fraction of sp³-hybridized carbons (Fsp3) is 0.308. The van der Waals surface area contributed by atoms with Crippen molar-refractivity contribution in [2.75, 3.05) is 12.4 Å². The van der Waals surface area contributed by atoms with Gasteiger partial charge in [-0.15, -0.1) is 11.8 Å². The van der Waals surface area contributed by atoms with Crippen molar-refractivity contribution < 1.29 is 4.74 Å². The highest BCUT2D eigenvalue weighted by atomic mass is 32.2. The van der Waals surface area contributed by atoms with Gasteiger partial charge in [0, 0.05) is 6.08 Å². The molecule has 1 rings (SSSR count). The molecule has 0 aliphatic rings. The molecule has 0 atom stereocenters. The Bertz CT molecular complexity index is 346. The minimum Gasteiger partial charge on any atom is -0.478 e. The van der Waals surface area contributed by atoms with E-state index < -0.39 is 0 Å². The lowest BCUT2D eigenvalue weighted by atomic mass is 10.3. The van der Waals surface area contributed by atoms with Gasteiger partial charge in [-0.05, 0) is 30.2 Å². The molecule has 0 bridgehead atoms. The number of nitrogens with zero attached hydrogens (tertiary/aromatic N) is 1. The Labute approximate surface area is 101 Å². The van der Waals surface area contributed by atoms with Gasteiger partial charge in [0.25, 0.3) is 0 Å². The Morgan fingerprint density at radius 2 is 2.06 bits per heavy atom. The van der Waals surface area contributed by atoms with E-state index >= 15 is 0 Å². The Hall–Kier alpha value is -1.22. The SMILES string of the molecule is CCOC(/C=C/SCC)=N\c1ccccc1. The molecule has 1 aromatic carbocycles. The summed E-state index contributed by atoms with van der Waals surface area (Å²) in [4.78, 5) is 4.41. The van der Waals surface area contributed by atoms with E-state index in [1.807, 2.05) is 48.7 Å². The third kappa shape index (κ3) is 5.03. The van der Waals surface area contributed by atoms with Crippen LogP contribution in [0.15, 0.2) is 46.8 Å². The van der Waals surface area contributed by atoms with E-state index in [4.69, 9.17) is 4.74 Å². The minimum absolute atomic E-state index is 0.632. The van der Waals surface area contributed by atoms with Gasteiger partial charge in [0.1, 0.15) is 0 Å². The van der Waals surface area contributed by atoms with Gasteiger partial charge in [-0.1, -0.05) is 25.1 Å². The van der Waals surface area contributed by atoms with Crippen molar-refractivity contribution in [3.05, 3.63) is 41.8 Å². The second-order valence-electron chi connectivity index (χ2n) is 2.98. The average molecular weight is 235 g/mol. The summed E-state index contributed by atoms with van der Waals surface area (Å²) in [6.07, 6.45) is 1.91. The van der Waals surface area contributed by atoms with Crippen molar-refractivity contribution >= 4 is 23.3 Å². The summed E-state index contributed by atoms with van der Waals surface area (Å²) in [7, 11) is 0. The number of rotatable bonds is 5. The fourth-order valence-corrected chi connectivity index (χ4v) is 1.50. The lowest BCUT2D eigenvalue weighted by Gasteiger charge is -2.02. The molecule has 0 N–H and O–H groups in total. The molecule has 2 nitrogen and oxygen atoms in total. The maximum absolute atomic E-state index is 5.44. The summed E-state index contributed by atoms with van der Waals surface area (Å²) < 4.78 is 5.44. The third-order valence-corrected chi connectivity index (χ3v) is 2.42. The number of aliphatic imine (C=N–C) groups is 1. The normalized spacial score (nSPS) is 12.0. The largest absolute Gasteiger partial charge is 0.478 e. The molecule has 0 spiro atoms. The number of ether oxygens (including phenoxy) is 1. The van der Waals surface area contributed by atoms with Gasteiger partial charge in [-0.2, -0.15) is 0 Å². The molecule has 0 aliphatic carbocycles. The molecule has 0 amide bonds. The first kappa shape index (κ1) is 12.8. The van der Waals surface area contributed by atoms with Gasteiger partial charge in [0.2, 0.25) is 5.90 Å². The standard InChI is InChI=1S/C13H17NOS/c1-3-15-13(10-11-16-4-2)14-12-8-6-5-7-9-12/h5-11H,3-4H2,1-2H3/b11-10+,14-13-. The highest BCUT2D eigenvalue weighted by Gasteiger charge is 1.94. The quantitative estimate of drug-likeness (QED) is 0.568. The minimum atomic E-state index is 0.632. The van der Waals surface area contributed by atoms with E-state index in [1.54, 1.807) is 11.8 Å². The predicted octanol–water partition coefficient (Wildman–Crippen LogP) is 4.02. The van der Waals surface area contributed by atoms with Crippen LogP contribution in [0, 0.1) is 0 Å². The highest BCUT2D eigenvalue weighted by molar-refractivity contribution is 8.02. The average Bonchev–Trinajstić information content (AvgIpc) is 2.31. The van der Waals surface area contributed by atoms with Crippen LogP contribution in [0.3, 0.4) is 0 Å². The molecule has 0 unspecified atom stereocenters. The van der Waals surface area contributed by atoms with Crippen LogP contribution in [0.1, 0.15) is 13.8 Å². The second kappa shape index (κ2) is 7.99.